The summed E-state index contributed by atoms with van der Waals surface area (Å²) in [5.41, 5.74) is -7.72. The number of benzene rings is 2. The van der Waals surface area contributed by atoms with Gasteiger partial charge >= 0.3 is 24.6 Å². The Balaban J connectivity index is 2.36. The first-order valence-corrected chi connectivity index (χ1v) is 10.7. The second-order valence-corrected chi connectivity index (χ2v) is 8.24. The number of rotatable bonds is 6. The average Bonchev–Trinajstić information content (AvgIpc) is 2.81. The lowest BCUT2D eigenvalue weighted by molar-refractivity contribution is -0.140. The summed E-state index contributed by atoms with van der Waals surface area (Å²) in [5.74, 6) is -3.31. The molecule has 2 aromatic carbocycles. The number of hydrogen-bond donors (Lipinski definition) is 2. The molecule has 210 valence electrons. The van der Waals surface area contributed by atoms with E-state index in [1.165, 1.54) is 29.7 Å². The van der Waals surface area contributed by atoms with E-state index in [9.17, 15) is 53.1 Å². The predicted molar refractivity (Wildman–Crippen MR) is 114 cm³/mol. The number of nitrogens with zero attached hydrogens (tertiary/aromatic N) is 1. The minimum absolute atomic E-state index is 0.0740. The summed E-state index contributed by atoms with van der Waals surface area (Å²) in [5, 5.41) is 3.39. The molecule has 3 rings (SSSR count). The smallest absolute Gasteiger partial charge is 0.329 e. The molecule has 4 nitrogen and oxygen atoms in total. The first kappa shape index (κ1) is 29.6. The third kappa shape index (κ3) is 7.35. The summed E-state index contributed by atoms with van der Waals surface area (Å²) in [6, 6.07) is 4.34. The quantitative estimate of drug-likeness (QED) is 0.322. The second kappa shape index (κ2) is 10.7. The molecule has 3 aromatic rings. The van der Waals surface area contributed by atoms with Crippen molar-refractivity contribution < 1.29 is 53.1 Å². The average molecular weight is 571 g/mol. The van der Waals surface area contributed by atoms with Crippen LogP contribution in [0.2, 0.25) is 0 Å². The highest BCUT2D eigenvalue weighted by atomic mass is 19.4. The number of alkyl halides is 9. The van der Waals surface area contributed by atoms with E-state index < -0.39 is 77.0 Å². The largest absolute Gasteiger partial charge is 0.419 e. The molecular weight excluding hydrogens is 555 g/mol. The maximum Gasteiger partial charge on any atom is 0.419 e. The molecule has 0 radical (unpaired) electrons. The summed E-state index contributed by atoms with van der Waals surface area (Å²) in [6.45, 7) is -1.92. The number of halogens is 11. The van der Waals surface area contributed by atoms with Gasteiger partial charge in [-0.15, -0.1) is 0 Å². The Morgan fingerprint density at radius 2 is 1.44 bits per heavy atom. The van der Waals surface area contributed by atoms with Crippen molar-refractivity contribution in [1.29, 1.82) is 0 Å². The SMILES string of the molecule is O=C(NCC(F)(F)F)N[C@@](Cc1ccccn1)(c1cc(F)cc(C(F)(F)F)c1)c1ccc(F)c(C(F)(F)F)c1. The van der Waals surface area contributed by atoms with Gasteiger partial charge in [-0.3, -0.25) is 4.98 Å². The van der Waals surface area contributed by atoms with E-state index in [1.54, 1.807) is 0 Å². The number of amides is 2. The number of urea groups is 1. The molecule has 15 heteroatoms. The molecule has 0 saturated heterocycles. The first-order valence-electron chi connectivity index (χ1n) is 10.7. The highest BCUT2D eigenvalue weighted by Crippen LogP contribution is 2.40. The lowest BCUT2D eigenvalue weighted by Gasteiger charge is -2.37. The van der Waals surface area contributed by atoms with Gasteiger partial charge in [-0.05, 0) is 53.6 Å². The second-order valence-electron chi connectivity index (χ2n) is 8.24. The number of nitrogens with one attached hydrogen (secondary N) is 2. The molecule has 0 aliphatic carbocycles. The summed E-state index contributed by atoms with van der Waals surface area (Å²) in [4.78, 5) is 16.5. The minimum atomic E-state index is -5.32. The molecule has 0 unspecified atom stereocenters. The molecule has 0 spiro atoms. The zero-order valence-electron chi connectivity index (χ0n) is 19.2. The molecule has 1 aromatic heterocycles. The predicted octanol–water partition coefficient (Wildman–Crippen LogP) is 6.75. The van der Waals surface area contributed by atoms with E-state index in [1.807, 2.05) is 5.32 Å². The van der Waals surface area contributed by atoms with Crippen molar-refractivity contribution in [3.8, 4) is 0 Å². The zero-order valence-corrected chi connectivity index (χ0v) is 19.2. The van der Waals surface area contributed by atoms with Crippen LogP contribution in [-0.2, 0) is 24.3 Å². The van der Waals surface area contributed by atoms with Crippen LogP contribution in [0.1, 0.15) is 27.9 Å². The van der Waals surface area contributed by atoms with E-state index in [0.717, 1.165) is 0 Å². The molecule has 0 aliphatic rings. The van der Waals surface area contributed by atoms with Crippen LogP contribution in [0.4, 0.5) is 53.1 Å². The molecule has 0 fully saturated rings. The highest BCUT2D eigenvalue weighted by Gasteiger charge is 2.43. The van der Waals surface area contributed by atoms with Crippen molar-refractivity contribution in [2.24, 2.45) is 0 Å². The van der Waals surface area contributed by atoms with E-state index in [0.29, 0.717) is 24.3 Å². The third-order valence-electron chi connectivity index (χ3n) is 5.43. The Hall–Kier alpha value is -3.91. The minimum Gasteiger partial charge on any atom is -0.329 e. The molecule has 1 heterocycles. The molecular formula is C24H16F11N3O. The van der Waals surface area contributed by atoms with Crippen molar-refractivity contribution in [3.05, 3.63) is 100 Å². The fraction of sp³-hybridized carbons (Fsp3) is 0.250. The Morgan fingerprint density at radius 3 is 2.00 bits per heavy atom. The van der Waals surface area contributed by atoms with Crippen molar-refractivity contribution in [2.75, 3.05) is 6.54 Å². The van der Waals surface area contributed by atoms with E-state index >= 15 is 0 Å². The summed E-state index contributed by atoms with van der Waals surface area (Å²) in [6.07, 6.45) is -15.0. The lowest BCUT2D eigenvalue weighted by Crippen LogP contribution is -2.53. The summed E-state index contributed by atoms with van der Waals surface area (Å²) >= 11 is 0. The maximum absolute atomic E-state index is 14.5. The fourth-order valence-electron chi connectivity index (χ4n) is 3.76. The third-order valence-corrected chi connectivity index (χ3v) is 5.43. The molecule has 0 bridgehead atoms. The monoisotopic (exact) mass is 571 g/mol. The summed E-state index contributed by atoms with van der Waals surface area (Å²) in [7, 11) is 0. The number of carbonyl (C=O) groups is 1. The van der Waals surface area contributed by atoms with Crippen LogP contribution in [0, 0.1) is 11.6 Å². The van der Waals surface area contributed by atoms with Gasteiger partial charge in [-0.1, -0.05) is 12.1 Å². The topological polar surface area (TPSA) is 54.0 Å². The van der Waals surface area contributed by atoms with Gasteiger partial charge in [-0.25, -0.2) is 13.6 Å². The van der Waals surface area contributed by atoms with Crippen molar-refractivity contribution in [3.63, 3.8) is 0 Å². The summed E-state index contributed by atoms with van der Waals surface area (Å²) < 4.78 is 148. The number of aromatic nitrogens is 1. The molecule has 0 saturated carbocycles. The zero-order chi connectivity index (χ0) is 29.2. The van der Waals surface area contributed by atoms with Gasteiger partial charge in [0.1, 0.15) is 18.2 Å². The van der Waals surface area contributed by atoms with Crippen LogP contribution >= 0.6 is 0 Å². The fourth-order valence-corrected chi connectivity index (χ4v) is 3.76. The van der Waals surface area contributed by atoms with Gasteiger partial charge in [0.05, 0.1) is 16.7 Å². The standard InChI is InChI=1S/C24H16F11N3O/c25-16-8-14(7-15(9-16)23(30,31)32)21(11-17-3-1-2-6-36-17,38-20(39)37-12-22(27,28)29)13-4-5-19(26)18(10-13)24(33,34)35/h1-10H,11-12H2,(H2,37,38,39)/t21-/m1/s1. The van der Waals surface area contributed by atoms with Gasteiger partial charge in [0.15, 0.2) is 0 Å². The molecule has 2 amide bonds. The van der Waals surface area contributed by atoms with Gasteiger partial charge in [0.25, 0.3) is 0 Å². The molecule has 1 atom stereocenters. The number of pyridine rings is 1. The van der Waals surface area contributed by atoms with Crippen LogP contribution in [0.3, 0.4) is 0 Å². The molecule has 2 N–H and O–H groups in total. The van der Waals surface area contributed by atoms with Gasteiger partial charge in [-0.2, -0.15) is 39.5 Å². The van der Waals surface area contributed by atoms with Crippen LogP contribution < -0.4 is 10.6 Å². The normalized spacial score (nSPS) is 14.0. The van der Waals surface area contributed by atoms with Crippen LogP contribution in [0.25, 0.3) is 0 Å². The Labute approximate surface area is 212 Å². The number of hydrogen-bond acceptors (Lipinski definition) is 2. The Kier molecular flexibility index (Phi) is 8.13. The van der Waals surface area contributed by atoms with Crippen LogP contribution in [-0.4, -0.2) is 23.7 Å². The molecule has 0 aliphatic heterocycles. The van der Waals surface area contributed by atoms with E-state index in [4.69, 9.17) is 0 Å². The van der Waals surface area contributed by atoms with Crippen molar-refractivity contribution in [1.82, 2.24) is 15.6 Å². The van der Waals surface area contributed by atoms with Crippen LogP contribution in [0.5, 0.6) is 0 Å². The maximum atomic E-state index is 14.5. The Morgan fingerprint density at radius 1 is 0.769 bits per heavy atom. The van der Waals surface area contributed by atoms with Crippen molar-refractivity contribution in [2.45, 2.75) is 30.5 Å². The highest BCUT2D eigenvalue weighted by molar-refractivity contribution is 5.76. The number of carbonyl (C=O) groups excluding carboxylic acids is 1. The first-order chi connectivity index (χ1) is 17.9. The van der Waals surface area contributed by atoms with Gasteiger partial charge < -0.3 is 10.6 Å². The van der Waals surface area contributed by atoms with Crippen LogP contribution in [0.15, 0.2) is 60.8 Å². The Bertz CT molecular complexity index is 1320. The van der Waals surface area contributed by atoms with Crippen molar-refractivity contribution >= 4 is 6.03 Å². The lowest BCUT2D eigenvalue weighted by atomic mass is 9.77. The van der Waals surface area contributed by atoms with Gasteiger partial charge in [0, 0.05) is 18.3 Å². The van der Waals surface area contributed by atoms with E-state index in [-0.39, 0.29) is 17.8 Å². The molecule has 39 heavy (non-hydrogen) atoms. The van der Waals surface area contributed by atoms with Gasteiger partial charge in [0.2, 0.25) is 0 Å². The van der Waals surface area contributed by atoms with E-state index in [2.05, 4.69) is 4.98 Å².